The Kier molecular flexibility index (Phi) is 3.04. The van der Waals surface area contributed by atoms with E-state index in [4.69, 9.17) is 0 Å². The smallest absolute Gasteiger partial charge is 0.108 e. The van der Waals surface area contributed by atoms with Gasteiger partial charge in [-0.1, -0.05) is 34.1 Å². The second-order valence-electron chi connectivity index (χ2n) is 3.35. The normalized spacial score (nSPS) is 15.4. The Labute approximate surface area is 95.1 Å². The van der Waals surface area contributed by atoms with Crippen molar-refractivity contribution in [1.82, 2.24) is 10.2 Å². The molecule has 5 heteroatoms. The van der Waals surface area contributed by atoms with Gasteiger partial charge < -0.3 is 10.2 Å². The van der Waals surface area contributed by atoms with Crippen LogP contribution in [0.3, 0.4) is 0 Å². The maximum absolute atomic E-state index is 9.88. The average molecular weight is 271 g/mol. The van der Waals surface area contributed by atoms with Gasteiger partial charge in [0.05, 0.1) is 17.8 Å². The Balaban J connectivity index is 2.46. The Morgan fingerprint density at radius 3 is 2.93 bits per heavy atom. The van der Waals surface area contributed by atoms with E-state index in [1.54, 1.807) is 12.3 Å². The van der Waals surface area contributed by atoms with Crippen molar-refractivity contribution in [2.75, 3.05) is 5.33 Å². The van der Waals surface area contributed by atoms with E-state index in [0.717, 1.165) is 10.9 Å². The molecule has 0 fully saturated rings. The molecule has 0 aliphatic heterocycles. The molecule has 15 heavy (non-hydrogen) atoms. The molecule has 2 rings (SSSR count). The maximum Gasteiger partial charge on any atom is 0.108 e. The summed E-state index contributed by atoms with van der Waals surface area (Å²) in [5.74, 6) is 0. The van der Waals surface area contributed by atoms with Crippen LogP contribution in [0.25, 0.3) is 10.9 Å². The van der Waals surface area contributed by atoms with Crippen molar-refractivity contribution >= 4 is 26.8 Å². The van der Waals surface area contributed by atoms with E-state index in [2.05, 4.69) is 26.1 Å². The predicted molar refractivity (Wildman–Crippen MR) is 60.9 cm³/mol. The summed E-state index contributed by atoms with van der Waals surface area (Å²) in [7, 11) is 0. The van der Waals surface area contributed by atoms with E-state index >= 15 is 0 Å². The molecule has 0 saturated carbocycles. The molecule has 80 valence electrons. The van der Waals surface area contributed by atoms with Crippen LogP contribution in [0.1, 0.15) is 11.7 Å². The molecule has 4 nitrogen and oxygen atoms in total. The van der Waals surface area contributed by atoms with Crippen LogP contribution >= 0.6 is 15.9 Å². The Morgan fingerprint density at radius 1 is 1.40 bits per heavy atom. The van der Waals surface area contributed by atoms with Crippen LogP contribution in [0, 0.1) is 0 Å². The number of aliphatic hydroxyl groups excluding tert-OH is 2. The lowest BCUT2D eigenvalue weighted by molar-refractivity contribution is 0.0351. The van der Waals surface area contributed by atoms with Gasteiger partial charge in [0.15, 0.2) is 0 Å². The van der Waals surface area contributed by atoms with Crippen LogP contribution in [0.15, 0.2) is 24.4 Å². The molecular formula is C10H11BrN2O2. The molecule has 0 spiro atoms. The van der Waals surface area contributed by atoms with Crippen LogP contribution in [0.4, 0.5) is 0 Å². The minimum Gasteiger partial charge on any atom is -0.389 e. The summed E-state index contributed by atoms with van der Waals surface area (Å²) in [6.45, 7) is 0. The third-order valence-electron chi connectivity index (χ3n) is 2.35. The summed E-state index contributed by atoms with van der Waals surface area (Å²) in [5.41, 5.74) is 1.43. The summed E-state index contributed by atoms with van der Waals surface area (Å²) in [6.07, 6.45) is -0.0427. The number of rotatable bonds is 3. The maximum atomic E-state index is 9.88. The second kappa shape index (κ2) is 4.30. The fourth-order valence-corrected chi connectivity index (χ4v) is 1.88. The molecule has 0 saturated heterocycles. The van der Waals surface area contributed by atoms with E-state index in [1.807, 2.05) is 12.1 Å². The zero-order valence-electron chi connectivity index (χ0n) is 7.89. The molecule has 1 heterocycles. The number of nitrogens with one attached hydrogen (secondary N) is 1. The number of hydrogen-bond acceptors (Lipinski definition) is 3. The SMILES string of the molecule is OC(CBr)C(O)c1cccc2cn[nH]c12. The standard InChI is InChI=1S/C10H11BrN2O2/c11-4-8(14)10(15)7-3-1-2-6-5-12-13-9(6)7/h1-3,5,8,10,14-15H,4H2,(H,12,13). The van der Waals surface area contributed by atoms with Crippen molar-refractivity contribution < 1.29 is 10.2 Å². The summed E-state index contributed by atoms with van der Waals surface area (Å²) in [6, 6.07) is 5.50. The number of benzene rings is 1. The van der Waals surface area contributed by atoms with Crippen molar-refractivity contribution in [2.45, 2.75) is 12.2 Å². The Morgan fingerprint density at radius 2 is 2.20 bits per heavy atom. The van der Waals surface area contributed by atoms with Crippen LogP contribution in [0.5, 0.6) is 0 Å². The van der Waals surface area contributed by atoms with Gasteiger partial charge in [-0.15, -0.1) is 0 Å². The van der Waals surface area contributed by atoms with E-state index in [-0.39, 0.29) is 0 Å². The second-order valence-corrected chi connectivity index (χ2v) is 4.00. The van der Waals surface area contributed by atoms with Crippen molar-refractivity contribution in [3.05, 3.63) is 30.0 Å². The topological polar surface area (TPSA) is 69.1 Å². The third-order valence-corrected chi connectivity index (χ3v) is 3.01. The number of para-hydroxylation sites is 1. The van der Waals surface area contributed by atoms with Crippen molar-refractivity contribution in [1.29, 1.82) is 0 Å². The fraction of sp³-hybridized carbons (Fsp3) is 0.300. The minimum atomic E-state index is -0.909. The van der Waals surface area contributed by atoms with Crippen molar-refractivity contribution in [3.8, 4) is 0 Å². The van der Waals surface area contributed by atoms with Gasteiger partial charge >= 0.3 is 0 Å². The highest BCUT2D eigenvalue weighted by molar-refractivity contribution is 9.09. The molecule has 1 aromatic heterocycles. The summed E-state index contributed by atoms with van der Waals surface area (Å²) in [4.78, 5) is 0. The number of H-pyrrole nitrogens is 1. The zero-order chi connectivity index (χ0) is 10.8. The van der Waals surface area contributed by atoms with Gasteiger partial charge in [-0.2, -0.15) is 5.10 Å². The van der Waals surface area contributed by atoms with Gasteiger partial charge in [0.25, 0.3) is 0 Å². The van der Waals surface area contributed by atoms with Crippen molar-refractivity contribution in [3.63, 3.8) is 0 Å². The molecule has 2 unspecified atom stereocenters. The number of alkyl halides is 1. The van der Waals surface area contributed by atoms with E-state index in [9.17, 15) is 10.2 Å². The number of aromatic amines is 1. The fourth-order valence-electron chi connectivity index (χ4n) is 1.53. The number of halogens is 1. The first-order valence-electron chi connectivity index (χ1n) is 4.58. The van der Waals surface area contributed by atoms with Crippen LogP contribution in [0.2, 0.25) is 0 Å². The lowest BCUT2D eigenvalue weighted by Gasteiger charge is -2.16. The predicted octanol–water partition coefficient (Wildman–Crippen LogP) is 1.35. The zero-order valence-corrected chi connectivity index (χ0v) is 9.48. The molecule has 0 aliphatic rings. The van der Waals surface area contributed by atoms with Crippen LogP contribution in [-0.2, 0) is 0 Å². The molecule has 0 bridgehead atoms. The highest BCUT2D eigenvalue weighted by Crippen LogP contribution is 2.25. The molecule has 3 N–H and O–H groups in total. The molecule has 2 aromatic rings. The number of hydrogen-bond donors (Lipinski definition) is 3. The Hall–Kier alpha value is -0.910. The monoisotopic (exact) mass is 270 g/mol. The van der Waals surface area contributed by atoms with Gasteiger partial charge in [0.1, 0.15) is 6.10 Å². The molecule has 1 aromatic carbocycles. The first-order chi connectivity index (χ1) is 7.24. The van der Waals surface area contributed by atoms with E-state index in [0.29, 0.717) is 10.9 Å². The quantitative estimate of drug-likeness (QED) is 0.738. The highest BCUT2D eigenvalue weighted by atomic mass is 79.9. The number of aliphatic hydroxyl groups is 2. The third kappa shape index (κ3) is 1.90. The molecule has 2 atom stereocenters. The highest BCUT2D eigenvalue weighted by Gasteiger charge is 2.19. The first kappa shape index (κ1) is 10.6. The lowest BCUT2D eigenvalue weighted by atomic mass is 10.0. The van der Waals surface area contributed by atoms with Gasteiger partial charge in [-0.05, 0) is 0 Å². The van der Waals surface area contributed by atoms with E-state index < -0.39 is 12.2 Å². The molecular weight excluding hydrogens is 260 g/mol. The number of nitrogens with zero attached hydrogens (tertiary/aromatic N) is 1. The van der Waals surface area contributed by atoms with Gasteiger partial charge in [-0.25, -0.2) is 0 Å². The van der Waals surface area contributed by atoms with Gasteiger partial charge in [-0.3, -0.25) is 5.10 Å². The minimum absolute atomic E-state index is 0.332. The molecule has 0 aliphatic carbocycles. The van der Waals surface area contributed by atoms with Gasteiger partial charge in [0.2, 0.25) is 0 Å². The van der Waals surface area contributed by atoms with E-state index in [1.165, 1.54) is 0 Å². The first-order valence-corrected chi connectivity index (χ1v) is 5.70. The summed E-state index contributed by atoms with van der Waals surface area (Å²) >= 11 is 3.13. The summed E-state index contributed by atoms with van der Waals surface area (Å²) < 4.78 is 0. The summed E-state index contributed by atoms with van der Waals surface area (Å²) in [5, 5.41) is 27.4. The molecule has 0 radical (unpaired) electrons. The largest absolute Gasteiger partial charge is 0.389 e. The Bertz CT molecular complexity index is 457. The van der Waals surface area contributed by atoms with Crippen molar-refractivity contribution in [2.24, 2.45) is 0 Å². The average Bonchev–Trinajstić information content (AvgIpc) is 2.74. The number of fused-ring (bicyclic) bond motifs is 1. The molecule has 0 amide bonds. The lowest BCUT2D eigenvalue weighted by Crippen LogP contribution is -2.19. The number of aromatic nitrogens is 2. The van der Waals surface area contributed by atoms with Crippen LogP contribution in [-0.4, -0.2) is 31.8 Å². The van der Waals surface area contributed by atoms with Crippen LogP contribution < -0.4 is 0 Å². The van der Waals surface area contributed by atoms with Gasteiger partial charge in [0, 0.05) is 16.3 Å².